The molecule has 90 valence electrons. The van der Waals surface area contributed by atoms with Crippen molar-refractivity contribution in [3.63, 3.8) is 0 Å². The van der Waals surface area contributed by atoms with Crippen molar-refractivity contribution in [3.8, 4) is 0 Å². The summed E-state index contributed by atoms with van der Waals surface area (Å²) in [5, 5.41) is 2.91. The van der Waals surface area contributed by atoms with Crippen LogP contribution in [0.4, 0.5) is 0 Å². The Morgan fingerprint density at radius 2 is 2.00 bits per heavy atom. The molecule has 1 amide bonds. The lowest BCUT2D eigenvalue weighted by Crippen LogP contribution is -2.27. The molecule has 0 aromatic carbocycles. The molecule has 0 aliphatic carbocycles. The Balaban J connectivity index is 2.46. The van der Waals surface area contributed by atoms with E-state index in [4.69, 9.17) is 4.42 Å². The van der Waals surface area contributed by atoms with Gasteiger partial charge < -0.3 is 9.73 Å². The second kappa shape index (κ2) is 4.73. The summed E-state index contributed by atoms with van der Waals surface area (Å²) < 4.78 is 5.40. The smallest absolute Gasteiger partial charge is 0.220 e. The Labute approximate surface area is 97.2 Å². The summed E-state index contributed by atoms with van der Waals surface area (Å²) in [5.74, 6) is 1.86. The van der Waals surface area contributed by atoms with E-state index in [1.54, 1.807) is 0 Å². The van der Waals surface area contributed by atoms with Crippen molar-refractivity contribution in [3.05, 3.63) is 23.2 Å². The summed E-state index contributed by atoms with van der Waals surface area (Å²) >= 11 is 0. The van der Waals surface area contributed by atoms with Gasteiger partial charge in [0.05, 0.1) is 0 Å². The predicted molar refractivity (Wildman–Crippen MR) is 64.1 cm³/mol. The monoisotopic (exact) mass is 223 g/mol. The number of nitrogens with one attached hydrogen (secondary N) is 1. The highest BCUT2D eigenvalue weighted by Gasteiger charge is 2.16. The van der Waals surface area contributed by atoms with Gasteiger partial charge in [0.2, 0.25) is 5.91 Å². The minimum Gasteiger partial charge on any atom is -0.466 e. The van der Waals surface area contributed by atoms with Crippen LogP contribution in [0.25, 0.3) is 0 Å². The van der Waals surface area contributed by atoms with Crippen LogP contribution in [0.1, 0.15) is 44.3 Å². The number of hydrogen-bond donors (Lipinski definition) is 1. The van der Waals surface area contributed by atoms with E-state index in [2.05, 4.69) is 26.1 Å². The number of aryl methyl sites for hydroxylation is 2. The predicted octanol–water partition coefficient (Wildman–Crippen LogP) is 2.95. The minimum atomic E-state index is 0.0332. The van der Waals surface area contributed by atoms with Gasteiger partial charge in [0.1, 0.15) is 11.5 Å². The molecule has 3 heteroatoms. The molecule has 0 unspecified atom stereocenters. The lowest BCUT2D eigenvalue weighted by molar-refractivity contribution is -0.122. The van der Waals surface area contributed by atoms with E-state index in [-0.39, 0.29) is 11.3 Å². The summed E-state index contributed by atoms with van der Waals surface area (Å²) in [7, 11) is 0. The van der Waals surface area contributed by atoms with Crippen LogP contribution < -0.4 is 5.32 Å². The Morgan fingerprint density at radius 3 is 2.44 bits per heavy atom. The highest BCUT2D eigenvalue weighted by Crippen LogP contribution is 2.18. The topological polar surface area (TPSA) is 42.2 Å². The SMILES string of the molecule is Cc1cc(CNC(=O)CC(C)(C)C)c(C)o1. The maximum atomic E-state index is 11.6. The zero-order chi connectivity index (χ0) is 12.3. The van der Waals surface area contributed by atoms with Gasteiger partial charge in [-0.25, -0.2) is 0 Å². The van der Waals surface area contributed by atoms with Crippen molar-refractivity contribution in [2.24, 2.45) is 5.41 Å². The van der Waals surface area contributed by atoms with Gasteiger partial charge in [-0.15, -0.1) is 0 Å². The van der Waals surface area contributed by atoms with Crippen LogP contribution in [-0.2, 0) is 11.3 Å². The van der Waals surface area contributed by atoms with Gasteiger partial charge in [0.25, 0.3) is 0 Å². The van der Waals surface area contributed by atoms with Gasteiger partial charge in [0, 0.05) is 18.5 Å². The average Bonchev–Trinajstić information content (AvgIpc) is 2.38. The lowest BCUT2D eigenvalue weighted by atomic mass is 9.92. The number of carbonyl (C=O) groups is 1. The standard InChI is InChI=1S/C13H21NO2/c1-9-6-11(10(2)16-9)8-14-12(15)7-13(3,4)5/h6H,7-8H2,1-5H3,(H,14,15). The molecular weight excluding hydrogens is 202 g/mol. The molecule has 0 bridgehead atoms. The van der Waals surface area contributed by atoms with Gasteiger partial charge in [-0.2, -0.15) is 0 Å². The first-order valence-corrected chi connectivity index (χ1v) is 5.60. The molecule has 1 N–H and O–H groups in total. The van der Waals surface area contributed by atoms with Crippen LogP contribution in [0.2, 0.25) is 0 Å². The van der Waals surface area contributed by atoms with Crippen molar-refractivity contribution in [2.75, 3.05) is 0 Å². The van der Waals surface area contributed by atoms with Crippen molar-refractivity contribution >= 4 is 5.91 Å². The summed E-state index contributed by atoms with van der Waals surface area (Å²) in [5.41, 5.74) is 1.09. The number of furan rings is 1. The van der Waals surface area contributed by atoms with Crippen molar-refractivity contribution in [1.29, 1.82) is 0 Å². The zero-order valence-corrected chi connectivity index (χ0v) is 10.8. The van der Waals surface area contributed by atoms with Gasteiger partial charge in [0.15, 0.2) is 0 Å². The molecule has 1 aromatic heterocycles. The Bertz CT molecular complexity index is 372. The Kier molecular flexibility index (Phi) is 3.79. The van der Waals surface area contributed by atoms with Gasteiger partial charge in [-0.05, 0) is 25.3 Å². The number of hydrogen-bond acceptors (Lipinski definition) is 2. The van der Waals surface area contributed by atoms with E-state index in [0.717, 1.165) is 17.1 Å². The molecule has 0 radical (unpaired) electrons. The van der Waals surface area contributed by atoms with Crippen LogP contribution in [-0.4, -0.2) is 5.91 Å². The summed E-state index contributed by atoms with van der Waals surface area (Å²) in [4.78, 5) is 11.6. The summed E-state index contributed by atoms with van der Waals surface area (Å²) in [6.45, 7) is 10.5. The maximum Gasteiger partial charge on any atom is 0.220 e. The Morgan fingerprint density at radius 1 is 1.38 bits per heavy atom. The van der Waals surface area contributed by atoms with E-state index in [1.165, 1.54) is 0 Å². The molecular formula is C13H21NO2. The molecule has 0 atom stereocenters. The van der Waals surface area contributed by atoms with Crippen LogP contribution in [0, 0.1) is 19.3 Å². The fourth-order valence-electron chi connectivity index (χ4n) is 1.60. The minimum absolute atomic E-state index is 0.0332. The molecule has 0 fully saturated rings. The maximum absolute atomic E-state index is 11.6. The van der Waals surface area contributed by atoms with E-state index >= 15 is 0 Å². The Hall–Kier alpha value is -1.25. The molecule has 3 nitrogen and oxygen atoms in total. The molecule has 0 saturated carbocycles. The van der Waals surface area contributed by atoms with Crippen LogP contribution >= 0.6 is 0 Å². The quantitative estimate of drug-likeness (QED) is 0.856. The summed E-state index contributed by atoms with van der Waals surface area (Å²) in [6, 6.07) is 1.96. The van der Waals surface area contributed by atoms with E-state index in [0.29, 0.717) is 13.0 Å². The molecule has 1 aromatic rings. The number of amides is 1. The fraction of sp³-hybridized carbons (Fsp3) is 0.615. The van der Waals surface area contributed by atoms with Crippen LogP contribution in [0.5, 0.6) is 0 Å². The van der Waals surface area contributed by atoms with E-state index < -0.39 is 0 Å². The molecule has 1 heterocycles. The third-order valence-electron chi connectivity index (χ3n) is 2.31. The van der Waals surface area contributed by atoms with Gasteiger partial charge in [-0.1, -0.05) is 20.8 Å². The van der Waals surface area contributed by atoms with Crippen LogP contribution in [0.15, 0.2) is 10.5 Å². The molecule has 16 heavy (non-hydrogen) atoms. The second-order valence-electron chi connectivity index (χ2n) is 5.45. The van der Waals surface area contributed by atoms with E-state index in [1.807, 2.05) is 19.9 Å². The number of carbonyl (C=O) groups excluding carboxylic acids is 1. The molecule has 0 spiro atoms. The first-order valence-electron chi connectivity index (χ1n) is 5.60. The normalized spacial score (nSPS) is 11.6. The van der Waals surface area contributed by atoms with Crippen molar-refractivity contribution in [2.45, 2.75) is 47.6 Å². The fourth-order valence-corrected chi connectivity index (χ4v) is 1.60. The van der Waals surface area contributed by atoms with Crippen LogP contribution in [0.3, 0.4) is 0 Å². The van der Waals surface area contributed by atoms with Gasteiger partial charge in [-0.3, -0.25) is 4.79 Å². The summed E-state index contributed by atoms with van der Waals surface area (Å²) in [6.07, 6.45) is 0.545. The third kappa shape index (κ3) is 4.09. The molecule has 1 rings (SSSR count). The highest BCUT2D eigenvalue weighted by atomic mass is 16.3. The van der Waals surface area contributed by atoms with E-state index in [9.17, 15) is 4.79 Å². The van der Waals surface area contributed by atoms with Crippen molar-refractivity contribution in [1.82, 2.24) is 5.32 Å². The number of rotatable bonds is 3. The average molecular weight is 223 g/mol. The first-order chi connectivity index (χ1) is 7.28. The molecule has 0 aliphatic rings. The van der Waals surface area contributed by atoms with Gasteiger partial charge >= 0.3 is 0 Å². The second-order valence-corrected chi connectivity index (χ2v) is 5.45. The molecule has 0 saturated heterocycles. The zero-order valence-electron chi connectivity index (χ0n) is 10.8. The van der Waals surface area contributed by atoms with Crippen molar-refractivity contribution < 1.29 is 9.21 Å². The highest BCUT2D eigenvalue weighted by molar-refractivity contribution is 5.76. The molecule has 0 aliphatic heterocycles. The third-order valence-corrected chi connectivity index (χ3v) is 2.31. The lowest BCUT2D eigenvalue weighted by Gasteiger charge is -2.17. The largest absolute Gasteiger partial charge is 0.466 e. The first kappa shape index (κ1) is 12.8.